The third kappa shape index (κ3) is 4.73. The maximum absolute atomic E-state index is 14.7. The Labute approximate surface area is 182 Å². The molecule has 1 aromatic carbocycles. The van der Waals surface area contributed by atoms with Crippen LogP contribution < -0.4 is 11.1 Å². The van der Waals surface area contributed by atoms with Gasteiger partial charge in [-0.1, -0.05) is 13.0 Å². The minimum atomic E-state index is -0.973. The zero-order valence-corrected chi connectivity index (χ0v) is 18.1. The normalized spacial score (nSPS) is 13.1. The van der Waals surface area contributed by atoms with Crippen molar-refractivity contribution >= 4 is 28.1 Å². The van der Waals surface area contributed by atoms with Crippen molar-refractivity contribution in [2.45, 2.75) is 39.4 Å². The molecule has 164 valence electrons. The Morgan fingerprint density at radius 1 is 1.23 bits per heavy atom. The molecule has 0 aliphatic rings. The van der Waals surface area contributed by atoms with Crippen molar-refractivity contribution < 1.29 is 23.8 Å². The summed E-state index contributed by atoms with van der Waals surface area (Å²) in [5.41, 5.74) is 6.62. The highest BCUT2D eigenvalue weighted by atomic mass is 32.1. The lowest BCUT2D eigenvalue weighted by Gasteiger charge is -2.11. The summed E-state index contributed by atoms with van der Waals surface area (Å²) < 4.78 is 29.4. The van der Waals surface area contributed by atoms with E-state index in [1.807, 2.05) is 0 Å². The summed E-state index contributed by atoms with van der Waals surface area (Å²) in [6, 6.07) is 6.82. The summed E-state index contributed by atoms with van der Waals surface area (Å²) in [5.74, 6) is -2.07. The Kier molecular flexibility index (Phi) is 6.68. The van der Waals surface area contributed by atoms with Gasteiger partial charge in [0, 0.05) is 16.1 Å². The maximum Gasteiger partial charge on any atom is 0.251 e. The van der Waals surface area contributed by atoms with E-state index in [2.05, 4.69) is 10.3 Å². The van der Waals surface area contributed by atoms with Crippen LogP contribution >= 0.6 is 11.3 Å². The number of hydrogen-bond acceptors (Lipinski definition) is 6. The highest BCUT2D eigenvalue weighted by molar-refractivity contribution is 7.20. The lowest BCUT2D eigenvalue weighted by Crippen LogP contribution is -2.11. The van der Waals surface area contributed by atoms with E-state index in [0.29, 0.717) is 23.5 Å². The molecule has 2 heterocycles. The fourth-order valence-corrected chi connectivity index (χ4v) is 4.36. The van der Waals surface area contributed by atoms with Crippen molar-refractivity contribution in [3.8, 4) is 10.4 Å². The number of nitrogens with one attached hydrogen (secondary N) is 1. The van der Waals surface area contributed by atoms with Crippen molar-refractivity contribution in [1.82, 2.24) is 4.98 Å². The Bertz CT molecular complexity index is 1110. The molecule has 3 aromatic rings. The van der Waals surface area contributed by atoms with Gasteiger partial charge in [0.05, 0.1) is 23.3 Å². The fraction of sp³-hybridized carbons (Fsp3) is 0.273. The number of nitrogens with two attached hydrogens (primary N) is 1. The number of benzene rings is 1. The third-order valence-corrected chi connectivity index (χ3v) is 5.97. The van der Waals surface area contributed by atoms with E-state index < -0.39 is 29.7 Å². The molecule has 2 unspecified atom stereocenters. The van der Waals surface area contributed by atoms with Crippen LogP contribution in [0, 0.1) is 18.6 Å². The molecule has 31 heavy (non-hydrogen) atoms. The van der Waals surface area contributed by atoms with E-state index in [9.17, 15) is 23.8 Å². The molecule has 0 bridgehead atoms. The van der Waals surface area contributed by atoms with Crippen LogP contribution in [0.2, 0.25) is 0 Å². The zero-order chi connectivity index (χ0) is 22.9. The number of aliphatic hydroxyl groups excluding tert-OH is 2. The summed E-state index contributed by atoms with van der Waals surface area (Å²) in [6.45, 7) is 5.06. The first-order chi connectivity index (χ1) is 14.6. The molecule has 0 aliphatic heterocycles. The van der Waals surface area contributed by atoms with Crippen LogP contribution in [0.15, 0.2) is 30.3 Å². The number of aryl methyl sites for hydroxylation is 1. The lowest BCUT2D eigenvalue weighted by atomic mass is 10.0. The average Bonchev–Trinajstić information content (AvgIpc) is 3.10. The van der Waals surface area contributed by atoms with Crippen LogP contribution in [0.5, 0.6) is 0 Å². The highest BCUT2D eigenvalue weighted by Gasteiger charge is 2.22. The van der Waals surface area contributed by atoms with Crippen molar-refractivity contribution in [2.75, 3.05) is 5.32 Å². The number of carbonyl (C=O) groups excluding carboxylic acids is 1. The number of carbonyl (C=O) groups is 1. The topological polar surface area (TPSA) is 108 Å². The number of aromatic nitrogens is 1. The number of amides is 1. The van der Waals surface area contributed by atoms with E-state index in [4.69, 9.17) is 5.73 Å². The van der Waals surface area contributed by atoms with Crippen LogP contribution in [-0.4, -0.2) is 21.1 Å². The van der Waals surface area contributed by atoms with E-state index >= 15 is 0 Å². The van der Waals surface area contributed by atoms with Crippen molar-refractivity contribution in [3.63, 3.8) is 0 Å². The van der Waals surface area contributed by atoms with Crippen LogP contribution in [0.25, 0.3) is 10.4 Å². The second-order valence-corrected chi connectivity index (χ2v) is 8.23. The summed E-state index contributed by atoms with van der Waals surface area (Å²) in [5, 5.41) is 22.9. The standard InChI is InChI=1S/C22H23F2N3O3S/c1-4-17(29)12-7-15(23)20(16(24)8-12)18-9-14(21(25)30)22(31-18)27-19-6-5-13(11(3)28)10(2)26-19/h5-9,11,17,28-29H,4H2,1-3H3,(H2,25,30)(H,26,27). The smallest absolute Gasteiger partial charge is 0.251 e. The van der Waals surface area contributed by atoms with Gasteiger partial charge in [-0.05, 0) is 50.1 Å². The van der Waals surface area contributed by atoms with E-state index in [-0.39, 0.29) is 26.6 Å². The van der Waals surface area contributed by atoms with Crippen molar-refractivity contribution in [2.24, 2.45) is 5.73 Å². The molecule has 3 rings (SSSR count). The van der Waals surface area contributed by atoms with Gasteiger partial charge < -0.3 is 21.3 Å². The predicted octanol–water partition coefficient (Wildman–Crippen LogP) is 4.74. The van der Waals surface area contributed by atoms with Crippen molar-refractivity contribution in [3.05, 3.63) is 64.4 Å². The monoisotopic (exact) mass is 447 g/mol. The second-order valence-electron chi connectivity index (χ2n) is 7.17. The number of rotatable bonds is 7. The first-order valence-electron chi connectivity index (χ1n) is 9.66. The molecule has 0 radical (unpaired) electrons. The minimum Gasteiger partial charge on any atom is -0.389 e. The van der Waals surface area contributed by atoms with Gasteiger partial charge in [0.1, 0.15) is 22.5 Å². The molecule has 2 atom stereocenters. The second kappa shape index (κ2) is 9.09. The quantitative estimate of drug-likeness (QED) is 0.419. The molecule has 0 saturated heterocycles. The molecule has 9 heteroatoms. The van der Waals surface area contributed by atoms with Gasteiger partial charge in [-0.3, -0.25) is 4.79 Å². The Balaban J connectivity index is 2.02. The number of primary amides is 1. The Morgan fingerprint density at radius 3 is 2.39 bits per heavy atom. The van der Waals surface area contributed by atoms with Gasteiger partial charge in [-0.2, -0.15) is 0 Å². The minimum absolute atomic E-state index is 0.0653. The molecule has 5 N–H and O–H groups in total. The Morgan fingerprint density at radius 2 is 1.87 bits per heavy atom. The van der Waals surface area contributed by atoms with E-state index in [0.717, 1.165) is 23.5 Å². The molecule has 0 aliphatic carbocycles. The summed E-state index contributed by atoms with van der Waals surface area (Å²) in [7, 11) is 0. The van der Waals surface area contributed by atoms with Crippen molar-refractivity contribution in [1.29, 1.82) is 0 Å². The maximum atomic E-state index is 14.7. The van der Waals surface area contributed by atoms with Gasteiger partial charge in [0.2, 0.25) is 0 Å². The molecule has 0 saturated carbocycles. The van der Waals surface area contributed by atoms with Crippen LogP contribution in [-0.2, 0) is 0 Å². The lowest BCUT2D eigenvalue weighted by molar-refractivity contribution is 0.100. The Hall–Kier alpha value is -2.88. The summed E-state index contributed by atoms with van der Waals surface area (Å²) in [4.78, 5) is 16.5. The number of aliphatic hydroxyl groups is 2. The average molecular weight is 448 g/mol. The van der Waals surface area contributed by atoms with Crippen LogP contribution in [0.3, 0.4) is 0 Å². The van der Waals surface area contributed by atoms with Gasteiger partial charge in [-0.25, -0.2) is 13.8 Å². The largest absolute Gasteiger partial charge is 0.389 e. The number of anilines is 2. The number of thiophene rings is 1. The van der Waals surface area contributed by atoms with Gasteiger partial charge in [0.15, 0.2) is 0 Å². The van der Waals surface area contributed by atoms with E-state index in [1.54, 1.807) is 32.9 Å². The SMILES string of the molecule is CCC(O)c1cc(F)c(-c2cc(C(N)=O)c(Nc3ccc(C(C)O)c(C)n3)s2)c(F)c1. The fourth-order valence-electron chi connectivity index (χ4n) is 3.25. The van der Waals surface area contributed by atoms with Gasteiger partial charge in [0.25, 0.3) is 5.91 Å². The first-order valence-corrected chi connectivity index (χ1v) is 10.5. The van der Waals surface area contributed by atoms with Crippen LogP contribution in [0.1, 0.15) is 59.7 Å². The number of nitrogens with zero attached hydrogens (tertiary/aromatic N) is 1. The zero-order valence-electron chi connectivity index (χ0n) is 17.2. The van der Waals surface area contributed by atoms with Gasteiger partial charge >= 0.3 is 0 Å². The first kappa shape index (κ1) is 22.8. The molecule has 0 spiro atoms. The number of hydrogen-bond donors (Lipinski definition) is 4. The predicted molar refractivity (Wildman–Crippen MR) is 116 cm³/mol. The number of halogens is 2. The summed E-state index contributed by atoms with van der Waals surface area (Å²) >= 11 is 0.957. The molecule has 2 aromatic heterocycles. The molecule has 0 fully saturated rings. The highest BCUT2D eigenvalue weighted by Crippen LogP contribution is 2.40. The van der Waals surface area contributed by atoms with Gasteiger partial charge in [-0.15, -0.1) is 11.3 Å². The molecular formula is C22H23F2N3O3S. The third-order valence-electron chi connectivity index (χ3n) is 4.90. The van der Waals surface area contributed by atoms with Crippen LogP contribution in [0.4, 0.5) is 19.6 Å². The van der Waals surface area contributed by atoms with E-state index in [1.165, 1.54) is 6.07 Å². The number of pyridine rings is 1. The summed E-state index contributed by atoms with van der Waals surface area (Å²) in [6.07, 6.45) is -1.34. The molecule has 6 nitrogen and oxygen atoms in total. The molecule has 1 amide bonds. The molecular weight excluding hydrogens is 424 g/mol.